The largest absolute Gasteiger partial charge is 0.507 e. The lowest BCUT2D eigenvalue weighted by atomic mass is 10.1. The number of halogens is 1. The zero-order valence-electron chi connectivity index (χ0n) is 11.6. The SMILES string of the molecule is CCCOc1ccc(NC(=O)c2c(O)cccc2F)cc1. The monoisotopic (exact) mass is 289 g/mol. The minimum absolute atomic E-state index is 0.371. The normalized spacial score (nSPS) is 10.2. The smallest absolute Gasteiger partial charge is 0.262 e. The summed E-state index contributed by atoms with van der Waals surface area (Å²) in [6, 6.07) is 10.5. The van der Waals surface area contributed by atoms with Gasteiger partial charge in [0.15, 0.2) is 0 Å². The van der Waals surface area contributed by atoms with Gasteiger partial charge in [0.2, 0.25) is 0 Å². The number of phenolic OH excluding ortho intramolecular Hbond substituents is 1. The molecule has 2 N–H and O–H groups in total. The highest BCUT2D eigenvalue weighted by atomic mass is 19.1. The maximum atomic E-state index is 13.6. The van der Waals surface area contributed by atoms with E-state index in [1.165, 1.54) is 12.1 Å². The van der Waals surface area contributed by atoms with E-state index in [4.69, 9.17) is 4.74 Å². The van der Waals surface area contributed by atoms with Gasteiger partial charge in [-0.15, -0.1) is 0 Å². The van der Waals surface area contributed by atoms with E-state index < -0.39 is 17.5 Å². The number of rotatable bonds is 5. The van der Waals surface area contributed by atoms with Gasteiger partial charge in [-0.25, -0.2) is 4.39 Å². The van der Waals surface area contributed by atoms with Crippen LogP contribution in [-0.2, 0) is 0 Å². The van der Waals surface area contributed by atoms with Gasteiger partial charge in [0, 0.05) is 5.69 Å². The molecule has 1 amide bonds. The van der Waals surface area contributed by atoms with E-state index in [-0.39, 0.29) is 5.56 Å². The summed E-state index contributed by atoms with van der Waals surface area (Å²) < 4.78 is 19.0. The van der Waals surface area contributed by atoms with Crippen molar-refractivity contribution in [2.45, 2.75) is 13.3 Å². The molecular weight excluding hydrogens is 273 g/mol. The molecule has 110 valence electrons. The predicted molar refractivity (Wildman–Crippen MR) is 78.2 cm³/mol. The first kappa shape index (κ1) is 14.8. The van der Waals surface area contributed by atoms with Crippen molar-refractivity contribution < 1.29 is 19.0 Å². The van der Waals surface area contributed by atoms with E-state index in [0.717, 1.165) is 12.5 Å². The van der Waals surface area contributed by atoms with Gasteiger partial charge in [0.25, 0.3) is 5.91 Å². The van der Waals surface area contributed by atoms with Crippen molar-refractivity contribution in [3.63, 3.8) is 0 Å². The van der Waals surface area contributed by atoms with Gasteiger partial charge < -0.3 is 15.2 Å². The van der Waals surface area contributed by atoms with Crippen LogP contribution in [0.1, 0.15) is 23.7 Å². The number of hydrogen-bond donors (Lipinski definition) is 2. The fraction of sp³-hybridized carbons (Fsp3) is 0.188. The second-order valence-electron chi connectivity index (χ2n) is 4.46. The maximum Gasteiger partial charge on any atom is 0.262 e. The van der Waals surface area contributed by atoms with Gasteiger partial charge in [0.1, 0.15) is 22.9 Å². The van der Waals surface area contributed by atoms with Crippen LogP contribution < -0.4 is 10.1 Å². The molecule has 0 aliphatic heterocycles. The number of aromatic hydroxyl groups is 1. The predicted octanol–water partition coefficient (Wildman–Crippen LogP) is 3.57. The Balaban J connectivity index is 2.09. The molecule has 0 heterocycles. The Hall–Kier alpha value is -2.56. The number of amides is 1. The molecule has 0 unspecified atom stereocenters. The molecule has 0 atom stereocenters. The number of phenols is 1. The molecule has 2 rings (SSSR count). The summed E-state index contributed by atoms with van der Waals surface area (Å²) in [7, 11) is 0. The fourth-order valence-corrected chi connectivity index (χ4v) is 1.79. The second kappa shape index (κ2) is 6.74. The maximum absolute atomic E-state index is 13.6. The number of carbonyl (C=O) groups excluding carboxylic acids is 1. The van der Waals surface area contributed by atoms with Gasteiger partial charge in [-0.2, -0.15) is 0 Å². The van der Waals surface area contributed by atoms with Crippen LogP contribution >= 0.6 is 0 Å². The lowest BCUT2D eigenvalue weighted by Gasteiger charge is -2.09. The average molecular weight is 289 g/mol. The summed E-state index contributed by atoms with van der Waals surface area (Å²) in [5, 5.41) is 12.1. The molecule has 2 aromatic carbocycles. The summed E-state index contributed by atoms with van der Waals surface area (Å²) in [6.07, 6.45) is 0.908. The van der Waals surface area contributed by atoms with E-state index in [0.29, 0.717) is 18.0 Å². The van der Waals surface area contributed by atoms with Gasteiger partial charge in [-0.1, -0.05) is 13.0 Å². The summed E-state index contributed by atoms with van der Waals surface area (Å²) in [5.74, 6) is -1.16. The first-order chi connectivity index (χ1) is 10.1. The van der Waals surface area contributed by atoms with E-state index in [1.54, 1.807) is 24.3 Å². The molecule has 0 aromatic heterocycles. The van der Waals surface area contributed by atoms with Crippen LogP contribution in [-0.4, -0.2) is 17.6 Å². The van der Waals surface area contributed by atoms with Crippen LogP contribution in [0.3, 0.4) is 0 Å². The van der Waals surface area contributed by atoms with Crippen molar-refractivity contribution >= 4 is 11.6 Å². The van der Waals surface area contributed by atoms with E-state index in [9.17, 15) is 14.3 Å². The number of anilines is 1. The van der Waals surface area contributed by atoms with Crippen LogP contribution in [0.2, 0.25) is 0 Å². The Kier molecular flexibility index (Phi) is 4.77. The minimum atomic E-state index is -0.768. The van der Waals surface area contributed by atoms with Crippen molar-refractivity contribution in [3.8, 4) is 11.5 Å². The van der Waals surface area contributed by atoms with Crippen molar-refractivity contribution in [2.24, 2.45) is 0 Å². The molecule has 0 saturated heterocycles. The topological polar surface area (TPSA) is 58.6 Å². The molecule has 0 aliphatic carbocycles. The van der Waals surface area contributed by atoms with Crippen molar-refractivity contribution in [1.29, 1.82) is 0 Å². The van der Waals surface area contributed by atoms with E-state index in [2.05, 4.69) is 5.32 Å². The zero-order chi connectivity index (χ0) is 15.2. The van der Waals surface area contributed by atoms with Gasteiger partial charge in [0.05, 0.1) is 6.61 Å². The Morgan fingerprint density at radius 2 is 1.95 bits per heavy atom. The highest BCUT2D eigenvalue weighted by Crippen LogP contribution is 2.22. The zero-order valence-corrected chi connectivity index (χ0v) is 11.6. The third-order valence-electron chi connectivity index (χ3n) is 2.80. The molecule has 0 bridgehead atoms. The molecule has 0 aliphatic rings. The molecule has 4 nitrogen and oxygen atoms in total. The summed E-state index contributed by atoms with van der Waals surface area (Å²) in [5.41, 5.74) is 0.121. The number of ether oxygens (including phenoxy) is 1. The molecular formula is C16H16FNO3. The van der Waals surface area contributed by atoms with Crippen LogP contribution in [0, 0.1) is 5.82 Å². The quantitative estimate of drug-likeness (QED) is 0.884. The Labute approximate surface area is 122 Å². The highest BCUT2D eigenvalue weighted by Gasteiger charge is 2.16. The number of hydrogen-bond acceptors (Lipinski definition) is 3. The van der Waals surface area contributed by atoms with Gasteiger partial charge in [-0.3, -0.25) is 4.79 Å². The van der Waals surface area contributed by atoms with Crippen molar-refractivity contribution in [2.75, 3.05) is 11.9 Å². The minimum Gasteiger partial charge on any atom is -0.507 e. The fourth-order valence-electron chi connectivity index (χ4n) is 1.79. The Morgan fingerprint density at radius 3 is 2.57 bits per heavy atom. The standard InChI is InChI=1S/C16H16FNO3/c1-2-10-21-12-8-6-11(7-9-12)18-16(20)15-13(17)4-3-5-14(15)19/h3-9,19H,2,10H2,1H3,(H,18,20). The average Bonchev–Trinajstić information content (AvgIpc) is 2.46. The summed E-state index contributed by atoms with van der Waals surface area (Å²) >= 11 is 0. The van der Waals surface area contributed by atoms with Crippen molar-refractivity contribution in [3.05, 3.63) is 53.8 Å². The first-order valence-electron chi connectivity index (χ1n) is 6.63. The van der Waals surface area contributed by atoms with Crippen LogP contribution in [0.5, 0.6) is 11.5 Å². The third-order valence-corrected chi connectivity index (χ3v) is 2.80. The first-order valence-corrected chi connectivity index (χ1v) is 6.63. The van der Waals surface area contributed by atoms with Crippen LogP contribution in [0.25, 0.3) is 0 Å². The molecule has 21 heavy (non-hydrogen) atoms. The third kappa shape index (κ3) is 3.72. The van der Waals surface area contributed by atoms with Crippen molar-refractivity contribution in [1.82, 2.24) is 0 Å². The highest BCUT2D eigenvalue weighted by molar-refractivity contribution is 6.06. The van der Waals surface area contributed by atoms with Gasteiger partial charge >= 0.3 is 0 Å². The molecule has 0 saturated carbocycles. The lowest BCUT2D eigenvalue weighted by Crippen LogP contribution is -2.14. The number of carbonyl (C=O) groups is 1. The van der Waals surface area contributed by atoms with Gasteiger partial charge in [-0.05, 0) is 42.8 Å². The van der Waals surface area contributed by atoms with Crippen LogP contribution in [0.15, 0.2) is 42.5 Å². The molecule has 2 aromatic rings. The Bertz CT molecular complexity index is 606. The molecule has 0 radical (unpaired) electrons. The number of benzene rings is 2. The second-order valence-corrected chi connectivity index (χ2v) is 4.46. The van der Waals surface area contributed by atoms with E-state index >= 15 is 0 Å². The summed E-state index contributed by atoms with van der Waals surface area (Å²) in [6.45, 7) is 2.63. The molecule has 0 spiro atoms. The summed E-state index contributed by atoms with van der Waals surface area (Å²) in [4.78, 5) is 12.0. The Morgan fingerprint density at radius 1 is 1.24 bits per heavy atom. The number of nitrogens with one attached hydrogen (secondary N) is 1. The van der Waals surface area contributed by atoms with Crippen LogP contribution in [0.4, 0.5) is 10.1 Å². The van der Waals surface area contributed by atoms with E-state index in [1.807, 2.05) is 6.92 Å². The lowest BCUT2D eigenvalue weighted by molar-refractivity contribution is 0.102. The molecule has 5 heteroatoms. The molecule has 0 fully saturated rings.